The topological polar surface area (TPSA) is 80.7 Å². The Kier molecular flexibility index (Phi) is 6.90. The van der Waals surface area contributed by atoms with Gasteiger partial charge in [-0.3, -0.25) is 4.90 Å². The van der Waals surface area contributed by atoms with Crippen LogP contribution in [0.2, 0.25) is 20.1 Å². The van der Waals surface area contributed by atoms with Gasteiger partial charge in [0, 0.05) is 11.7 Å². The van der Waals surface area contributed by atoms with Crippen molar-refractivity contribution in [3.8, 4) is 5.69 Å². The number of hydrogen-bond acceptors (Lipinski definition) is 4. The van der Waals surface area contributed by atoms with E-state index in [4.69, 9.17) is 50.9 Å². The van der Waals surface area contributed by atoms with Gasteiger partial charge in [0.1, 0.15) is 0 Å². The predicted octanol–water partition coefficient (Wildman–Crippen LogP) is 6.76. The minimum absolute atomic E-state index is 0.0221. The van der Waals surface area contributed by atoms with Crippen LogP contribution in [-0.4, -0.2) is 31.8 Å². The standard InChI is InChI=1S/C25H24Cl4N4O4/c1-25(2)21(33-23(35)31(24(36)37-33)16-9-11-18(27)20(29)13-16)30(15-8-10-17(26)19(28)12-15)22(34)32(25)14-6-4-3-5-7-14/h8-14,21H,3-7H2,1-2H3. The summed E-state index contributed by atoms with van der Waals surface area (Å²) in [6.45, 7) is 3.73. The molecule has 196 valence electrons. The lowest BCUT2D eigenvalue weighted by atomic mass is 9.90. The van der Waals surface area contributed by atoms with E-state index in [0.717, 1.165) is 41.4 Å². The van der Waals surface area contributed by atoms with Crippen LogP contribution in [0, 0.1) is 0 Å². The Balaban J connectivity index is 1.69. The fraction of sp³-hybridized carbons (Fsp3) is 0.400. The van der Waals surface area contributed by atoms with E-state index in [9.17, 15) is 14.4 Å². The van der Waals surface area contributed by atoms with Crippen LogP contribution in [-0.2, 0) is 0 Å². The van der Waals surface area contributed by atoms with Crippen molar-refractivity contribution in [1.29, 1.82) is 0 Å². The molecule has 1 saturated carbocycles. The van der Waals surface area contributed by atoms with Crippen LogP contribution in [0.5, 0.6) is 0 Å². The maximum Gasteiger partial charge on any atom is 0.447 e. The van der Waals surface area contributed by atoms with Gasteiger partial charge >= 0.3 is 17.5 Å². The zero-order valence-corrected chi connectivity index (χ0v) is 23.1. The van der Waals surface area contributed by atoms with Crippen molar-refractivity contribution in [2.45, 2.75) is 63.7 Å². The molecule has 2 aliphatic rings. The van der Waals surface area contributed by atoms with E-state index in [1.165, 1.54) is 23.1 Å². The maximum absolute atomic E-state index is 14.1. The molecule has 0 bridgehead atoms. The van der Waals surface area contributed by atoms with Crippen molar-refractivity contribution in [2.24, 2.45) is 0 Å². The molecule has 1 atom stereocenters. The first kappa shape index (κ1) is 26.2. The summed E-state index contributed by atoms with van der Waals surface area (Å²) in [5.74, 6) is -0.920. The van der Waals surface area contributed by atoms with Crippen LogP contribution in [0.25, 0.3) is 5.69 Å². The molecule has 1 aromatic heterocycles. The Hall–Kier alpha value is -2.39. The van der Waals surface area contributed by atoms with E-state index < -0.39 is 23.2 Å². The molecule has 5 rings (SSSR count). The molecule has 8 nitrogen and oxygen atoms in total. The van der Waals surface area contributed by atoms with Crippen LogP contribution in [0.3, 0.4) is 0 Å². The minimum atomic E-state index is -0.997. The van der Waals surface area contributed by atoms with Gasteiger partial charge < -0.3 is 9.42 Å². The molecule has 1 aliphatic carbocycles. The molecule has 2 aromatic carbocycles. The third-order valence-electron chi connectivity index (χ3n) is 7.15. The third kappa shape index (κ3) is 4.38. The Morgan fingerprint density at radius 2 is 1.38 bits per heavy atom. The Morgan fingerprint density at radius 1 is 0.811 bits per heavy atom. The number of benzene rings is 2. The van der Waals surface area contributed by atoms with Crippen LogP contribution < -0.4 is 16.3 Å². The van der Waals surface area contributed by atoms with Gasteiger partial charge in [0.15, 0.2) is 6.17 Å². The molecule has 1 unspecified atom stereocenters. The zero-order valence-electron chi connectivity index (χ0n) is 20.1. The number of halogens is 4. The first-order valence-corrected chi connectivity index (χ1v) is 13.4. The summed E-state index contributed by atoms with van der Waals surface area (Å²) in [5.41, 5.74) is -1.08. The number of urea groups is 1. The fourth-order valence-corrected chi connectivity index (χ4v) is 6.07. The number of carbonyl (C=O) groups is 1. The number of carbonyl (C=O) groups excluding carboxylic acids is 1. The first-order chi connectivity index (χ1) is 17.5. The molecule has 1 aliphatic heterocycles. The van der Waals surface area contributed by atoms with Crippen molar-refractivity contribution in [3.05, 3.63) is 77.5 Å². The SMILES string of the molecule is CC1(C)C(n2oc(=O)n(-c3ccc(Cl)c(Cl)c3)c2=O)N(c2ccc(Cl)c(Cl)c2)C(=O)N1C1CCCCC1. The largest absolute Gasteiger partial charge is 0.447 e. The van der Waals surface area contributed by atoms with Crippen molar-refractivity contribution in [3.63, 3.8) is 0 Å². The highest BCUT2D eigenvalue weighted by molar-refractivity contribution is 6.42. The van der Waals surface area contributed by atoms with Gasteiger partial charge in [-0.15, -0.1) is 4.74 Å². The predicted molar refractivity (Wildman–Crippen MR) is 145 cm³/mol. The quantitative estimate of drug-likeness (QED) is 0.339. The molecule has 2 heterocycles. The number of aromatic nitrogens is 2. The second-order valence-electron chi connectivity index (χ2n) is 9.84. The molecule has 2 amide bonds. The normalized spacial score (nSPS) is 20.2. The molecule has 37 heavy (non-hydrogen) atoms. The fourth-order valence-electron chi connectivity index (χ4n) is 5.49. The summed E-state index contributed by atoms with van der Waals surface area (Å²) < 4.78 is 7.35. The van der Waals surface area contributed by atoms with E-state index >= 15 is 0 Å². The lowest BCUT2D eigenvalue weighted by Gasteiger charge is -2.40. The average molecular weight is 586 g/mol. The van der Waals surface area contributed by atoms with Gasteiger partial charge in [-0.1, -0.05) is 65.7 Å². The number of rotatable bonds is 4. The van der Waals surface area contributed by atoms with Gasteiger partial charge in [-0.25, -0.2) is 14.4 Å². The van der Waals surface area contributed by atoms with Gasteiger partial charge in [0.25, 0.3) is 0 Å². The zero-order chi connectivity index (χ0) is 26.6. The van der Waals surface area contributed by atoms with Gasteiger partial charge in [0.2, 0.25) is 0 Å². The summed E-state index contributed by atoms with van der Waals surface area (Å²) in [7, 11) is 0. The van der Waals surface area contributed by atoms with E-state index in [2.05, 4.69) is 0 Å². The van der Waals surface area contributed by atoms with Gasteiger partial charge in [-0.2, -0.15) is 4.57 Å². The summed E-state index contributed by atoms with van der Waals surface area (Å²) in [5, 5.41) is 1.03. The van der Waals surface area contributed by atoms with E-state index in [-0.39, 0.29) is 32.8 Å². The Labute approximate surface area is 232 Å². The number of nitrogens with zero attached hydrogens (tertiary/aromatic N) is 4. The molecule has 0 N–H and O–H groups in total. The highest BCUT2D eigenvalue weighted by Crippen LogP contribution is 2.46. The second-order valence-corrected chi connectivity index (χ2v) is 11.5. The van der Waals surface area contributed by atoms with Crippen molar-refractivity contribution in [2.75, 3.05) is 4.90 Å². The first-order valence-electron chi connectivity index (χ1n) is 11.9. The second kappa shape index (κ2) is 9.73. The highest BCUT2D eigenvalue weighted by Gasteiger charge is 2.57. The number of hydrogen-bond donors (Lipinski definition) is 0. The Morgan fingerprint density at radius 3 is 1.97 bits per heavy atom. The molecule has 0 radical (unpaired) electrons. The van der Waals surface area contributed by atoms with Gasteiger partial charge in [0.05, 0.1) is 31.3 Å². The van der Waals surface area contributed by atoms with Crippen LogP contribution in [0.4, 0.5) is 10.5 Å². The van der Waals surface area contributed by atoms with Crippen molar-refractivity contribution in [1.82, 2.24) is 14.2 Å². The van der Waals surface area contributed by atoms with Gasteiger partial charge in [-0.05, 0) is 63.1 Å². The third-order valence-corrected chi connectivity index (χ3v) is 8.63. The summed E-state index contributed by atoms with van der Waals surface area (Å²) in [6, 6.07) is 8.85. The van der Waals surface area contributed by atoms with E-state index in [0.29, 0.717) is 10.7 Å². The average Bonchev–Trinajstić information content (AvgIpc) is 3.25. The maximum atomic E-state index is 14.1. The van der Waals surface area contributed by atoms with Crippen LogP contribution >= 0.6 is 46.4 Å². The molecule has 3 aromatic rings. The van der Waals surface area contributed by atoms with Crippen molar-refractivity contribution >= 4 is 58.1 Å². The monoisotopic (exact) mass is 584 g/mol. The van der Waals surface area contributed by atoms with Crippen molar-refractivity contribution < 1.29 is 9.32 Å². The van der Waals surface area contributed by atoms with Crippen LogP contribution in [0.15, 0.2) is 50.5 Å². The molecular formula is C25H24Cl4N4O4. The minimum Gasteiger partial charge on any atom is -0.314 e. The summed E-state index contributed by atoms with van der Waals surface area (Å²) in [6.07, 6.45) is 3.82. The summed E-state index contributed by atoms with van der Waals surface area (Å²) >= 11 is 24.6. The lowest BCUT2D eigenvalue weighted by Crippen LogP contribution is -2.51. The summed E-state index contributed by atoms with van der Waals surface area (Å²) in [4.78, 5) is 44.0. The number of amides is 2. The molecular weight excluding hydrogens is 562 g/mol. The molecule has 0 spiro atoms. The molecule has 2 fully saturated rings. The Bertz CT molecular complexity index is 1490. The van der Waals surface area contributed by atoms with E-state index in [1.807, 2.05) is 18.7 Å². The number of anilines is 1. The molecule has 12 heteroatoms. The smallest absolute Gasteiger partial charge is 0.314 e. The van der Waals surface area contributed by atoms with Crippen LogP contribution in [0.1, 0.15) is 52.1 Å². The molecule has 1 saturated heterocycles. The lowest BCUT2D eigenvalue weighted by molar-refractivity contribution is 0.0605. The van der Waals surface area contributed by atoms with E-state index in [1.54, 1.807) is 18.2 Å². The highest BCUT2D eigenvalue weighted by atomic mass is 35.5.